The smallest absolute Gasteiger partial charge is 0.264 e. The molecule has 0 aromatic heterocycles. The monoisotopic (exact) mass is 756 g/mol. The molecule has 2 amide bonds. The zero-order valence-corrected chi connectivity index (χ0v) is 31.8. The first-order valence-electron chi connectivity index (χ1n) is 18.9. The van der Waals surface area contributed by atoms with Crippen molar-refractivity contribution < 1.29 is 32.2 Å². The molecular weight excluding hydrogens is 704 g/mol. The van der Waals surface area contributed by atoms with Crippen LogP contribution >= 0.6 is 11.6 Å². The van der Waals surface area contributed by atoms with Crippen molar-refractivity contribution in [3.8, 4) is 5.75 Å². The van der Waals surface area contributed by atoms with Gasteiger partial charge >= 0.3 is 0 Å². The van der Waals surface area contributed by atoms with Gasteiger partial charge in [0.25, 0.3) is 5.91 Å². The van der Waals surface area contributed by atoms with Crippen LogP contribution in [0.5, 0.6) is 5.75 Å². The number of carbonyl (C=O) groups is 2. The summed E-state index contributed by atoms with van der Waals surface area (Å²) in [5.74, 6) is 0.299. The number of fused-ring (bicyclic) bond motifs is 3. The number of halogens is 1. The van der Waals surface area contributed by atoms with Crippen molar-refractivity contribution in [2.75, 3.05) is 64.0 Å². The largest absolute Gasteiger partial charge is 0.487 e. The minimum Gasteiger partial charge on any atom is -0.487 e. The van der Waals surface area contributed by atoms with Crippen LogP contribution in [0.2, 0.25) is 5.02 Å². The molecule has 6 rings (SSSR count). The number of sulfonamides is 1. The van der Waals surface area contributed by atoms with Crippen molar-refractivity contribution in [3.63, 3.8) is 0 Å². The number of hydrogen-bond acceptors (Lipinski definition) is 9. The molecule has 1 saturated heterocycles. The molecule has 11 nitrogen and oxygen atoms in total. The first-order chi connectivity index (χ1) is 25.2. The van der Waals surface area contributed by atoms with Crippen LogP contribution in [0, 0.1) is 11.8 Å². The Morgan fingerprint density at radius 3 is 2.69 bits per heavy atom. The van der Waals surface area contributed by atoms with Crippen LogP contribution < -0.4 is 19.7 Å². The number of benzene rings is 2. The molecule has 2 fully saturated rings. The van der Waals surface area contributed by atoms with E-state index in [0.717, 1.165) is 75.1 Å². The van der Waals surface area contributed by atoms with Gasteiger partial charge in [0.2, 0.25) is 15.9 Å². The maximum Gasteiger partial charge on any atom is 0.264 e. The molecule has 3 aliphatic heterocycles. The molecule has 0 radical (unpaired) electrons. The van der Waals surface area contributed by atoms with Crippen LogP contribution in [0.3, 0.4) is 0 Å². The quantitative estimate of drug-likeness (QED) is 0.371. The molecule has 3 heterocycles. The molecule has 1 aliphatic carbocycles. The highest BCUT2D eigenvalue weighted by Crippen LogP contribution is 2.42. The lowest BCUT2D eigenvalue weighted by atomic mass is 9.70. The lowest BCUT2D eigenvalue weighted by molar-refractivity contribution is -0.129. The van der Waals surface area contributed by atoms with E-state index in [0.29, 0.717) is 62.9 Å². The fraction of sp³-hybridized carbons (Fsp3) is 0.590. The van der Waals surface area contributed by atoms with Crippen molar-refractivity contribution in [3.05, 3.63) is 70.3 Å². The van der Waals surface area contributed by atoms with Gasteiger partial charge in [0.1, 0.15) is 19.0 Å². The Bertz CT molecular complexity index is 1680. The number of anilines is 1. The minimum atomic E-state index is -3.94. The lowest BCUT2D eigenvalue weighted by Crippen LogP contribution is -2.45. The zero-order valence-electron chi connectivity index (χ0n) is 30.2. The highest BCUT2D eigenvalue weighted by atomic mass is 35.5. The average Bonchev–Trinajstić information content (AvgIpc) is 3.15. The Balaban J connectivity index is 1.25. The molecule has 1 saturated carbocycles. The van der Waals surface area contributed by atoms with Crippen molar-refractivity contribution in [2.45, 2.75) is 76.3 Å². The average molecular weight is 757 g/mol. The third-order valence-corrected chi connectivity index (χ3v) is 13.1. The van der Waals surface area contributed by atoms with E-state index in [1.54, 1.807) is 18.2 Å². The summed E-state index contributed by atoms with van der Waals surface area (Å²) in [7, 11) is -3.94. The van der Waals surface area contributed by atoms with Gasteiger partial charge in [-0.05, 0) is 105 Å². The Hall–Kier alpha value is -3.16. The first kappa shape index (κ1) is 38.6. The highest BCUT2D eigenvalue weighted by molar-refractivity contribution is 7.90. The van der Waals surface area contributed by atoms with E-state index in [9.17, 15) is 18.0 Å². The SMILES string of the molecule is CC[C@@H]1CC/C=C/[C@H](OCC(=O)NCCN2CCOCC2)[C@@H]2CC[C@H]2CN2CCCCc3cc(Cl)ccc3COc3ccc(cc32)C(=O)NS1(=O)=O. The van der Waals surface area contributed by atoms with E-state index in [4.69, 9.17) is 25.8 Å². The molecule has 2 aromatic carbocycles. The summed E-state index contributed by atoms with van der Waals surface area (Å²) < 4.78 is 47.5. The molecule has 4 aliphatic rings. The number of aryl methyl sites for hydroxylation is 1. The standard InChI is InChI=1S/C39H53ClN4O7S/c1-2-33-8-3-4-9-36(51-27-38(45)41-16-18-43-19-21-49-22-20-43)34-14-11-30(34)25-44-17-6-5-7-28-23-32(40)13-10-31(28)26-50-37-15-12-29(24-35(37)44)39(46)42-52(33,47)48/h4,9-10,12-13,15,23-24,30,33-34,36H,2-3,5-8,11,14,16-22,25-27H2,1H3,(H,41,45)(H,42,46)/b9-4+/t30-,33+,34+,36-/m0/s1. The molecule has 13 heteroatoms. The fourth-order valence-corrected chi connectivity index (χ4v) is 9.33. The Morgan fingerprint density at radius 1 is 1.06 bits per heavy atom. The summed E-state index contributed by atoms with van der Waals surface area (Å²) in [6, 6.07) is 11.1. The van der Waals surface area contributed by atoms with Gasteiger partial charge in [0.05, 0.1) is 30.3 Å². The molecule has 0 unspecified atom stereocenters. The van der Waals surface area contributed by atoms with E-state index >= 15 is 0 Å². The number of carbonyl (C=O) groups excluding carboxylic acids is 2. The third-order valence-electron chi connectivity index (χ3n) is 11.0. The number of ether oxygens (including phenoxy) is 3. The predicted molar refractivity (Wildman–Crippen MR) is 202 cm³/mol. The highest BCUT2D eigenvalue weighted by Gasteiger charge is 2.38. The zero-order chi connectivity index (χ0) is 36.5. The molecule has 0 spiro atoms. The van der Waals surface area contributed by atoms with Crippen molar-refractivity contribution in [1.82, 2.24) is 14.9 Å². The van der Waals surface area contributed by atoms with E-state index in [2.05, 4.69) is 19.8 Å². The second kappa shape index (κ2) is 18.2. The molecule has 2 bridgehead atoms. The number of allylic oxidation sites excluding steroid dienone is 1. The molecule has 284 valence electrons. The van der Waals surface area contributed by atoms with Crippen LogP contribution in [0.4, 0.5) is 5.69 Å². The Labute approximate surface area is 313 Å². The van der Waals surface area contributed by atoms with Crippen molar-refractivity contribution in [1.29, 1.82) is 0 Å². The van der Waals surface area contributed by atoms with Gasteiger partial charge in [-0.2, -0.15) is 0 Å². The number of nitrogens with one attached hydrogen (secondary N) is 2. The first-order valence-corrected chi connectivity index (χ1v) is 20.8. The van der Waals surface area contributed by atoms with Crippen LogP contribution in [-0.4, -0.2) is 95.6 Å². The topological polar surface area (TPSA) is 127 Å². The minimum absolute atomic E-state index is 0.0480. The van der Waals surface area contributed by atoms with Gasteiger partial charge < -0.3 is 24.4 Å². The summed E-state index contributed by atoms with van der Waals surface area (Å²) in [5.41, 5.74) is 3.26. The van der Waals surface area contributed by atoms with Crippen LogP contribution in [-0.2, 0) is 37.3 Å². The van der Waals surface area contributed by atoms with Crippen LogP contribution in [0.25, 0.3) is 0 Å². The molecule has 2 aromatic rings. The second-order valence-corrected chi connectivity index (χ2v) is 16.8. The van der Waals surface area contributed by atoms with E-state index < -0.39 is 21.2 Å². The van der Waals surface area contributed by atoms with Gasteiger partial charge in [-0.1, -0.05) is 36.7 Å². The molecule has 2 N–H and O–H groups in total. The maximum absolute atomic E-state index is 13.5. The third kappa shape index (κ3) is 10.1. The Morgan fingerprint density at radius 2 is 1.90 bits per heavy atom. The van der Waals surface area contributed by atoms with Crippen molar-refractivity contribution in [2.24, 2.45) is 11.8 Å². The van der Waals surface area contributed by atoms with E-state index in [1.807, 2.05) is 37.3 Å². The van der Waals surface area contributed by atoms with E-state index in [1.165, 1.54) is 0 Å². The fourth-order valence-electron chi connectivity index (χ4n) is 7.70. The van der Waals surface area contributed by atoms with Gasteiger partial charge in [0, 0.05) is 49.9 Å². The number of nitrogens with zero attached hydrogens (tertiary/aromatic N) is 2. The molecule has 52 heavy (non-hydrogen) atoms. The normalized spacial score (nSPS) is 26.3. The number of morpholine rings is 1. The molecular formula is C39H53ClN4O7S. The van der Waals surface area contributed by atoms with Crippen LogP contribution in [0.1, 0.15) is 73.4 Å². The van der Waals surface area contributed by atoms with Gasteiger partial charge in [-0.25, -0.2) is 13.1 Å². The predicted octanol–water partition coefficient (Wildman–Crippen LogP) is 5.11. The number of amides is 2. The summed E-state index contributed by atoms with van der Waals surface area (Å²) in [5, 5.41) is 2.96. The lowest BCUT2D eigenvalue weighted by Gasteiger charge is -2.44. The van der Waals surface area contributed by atoms with E-state index in [-0.39, 0.29) is 36.0 Å². The van der Waals surface area contributed by atoms with Crippen molar-refractivity contribution >= 4 is 39.1 Å². The summed E-state index contributed by atoms with van der Waals surface area (Å²) >= 11 is 6.37. The molecule has 4 atom stereocenters. The van der Waals surface area contributed by atoms with Crippen LogP contribution in [0.15, 0.2) is 48.6 Å². The second-order valence-electron chi connectivity index (χ2n) is 14.4. The number of hydrogen-bond donors (Lipinski definition) is 2. The summed E-state index contributed by atoms with van der Waals surface area (Å²) in [6.07, 6.45) is 9.62. The number of rotatable bonds is 7. The van der Waals surface area contributed by atoms with Gasteiger partial charge in [-0.15, -0.1) is 0 Å². The summed E-state index contributed by atoms with van der Waals surface area (Å²) in [4.78, 5) is 31.0. The summed E-state index contributed by atoms with van der Waals surface area (Å²) in [6.45, 7) is 8.04. The van der Waals surface area contributed by atoms with Gasteiger partial charge in [-0.3, -0.25) is 14.5 Å². The van der Waals surface area contributed by atoms with Gasteiger partial charge in [0.15, 0.2) is 0 Å². The maximum atomic E-state index is 13.5. The Kier molecular flexibility index (Phi) is 13.5.